The maximum Gasteiger partial charge on any atom is 0.0466 e. The van der Waals surface area contributed by atoms with E-state index < -0.39 is 0 Å². The maximum atomic E-state index is 5.83. The predicted molar refractivity (Wildman–Crippen MR) is 160 cm³/mol. The van der Waals surface area contributed by atoms with Crippen LogP contribution in [0, 0.1) is 5.92 Å². The fourth-order valence-corrected chi connectivity index (χ4v) is 6.46. The number of rotatable bonds is 7. The molecule has 0 bridgehead atoms. The SMILES string of the molecule is CCCc1ccc(C2=C(/C)CCc3cc(C4=C(CC)C4)ccc3/C(CC3CCCCOCCC3)=C\2)cc1. The summed E-state index contributed by atoms with van der Waals surface area (Å²) in [6.45, 7) is 8.80. The van der Waals surface area contributed by atoms with Gasteiger partial charge in [0, 0.05) is 13.2 Å². The van der Waals surface area contributed by atoms with E-state index in [0.29, 0.717) is 0 Å². The second kappa shape index (κ2) is 12.4. The van der Waals surface area contributed by atoms with E-state index in [1.165, 1.54) is 91.2 Å². The highest BCUT2D eigenvalue weighted by Crippen LogP contribution is 2.44. The molecule has 1 unspecified atom stereocenters. The number of hydrogen-bond acceptors (Lipinski definition) is 1. The molecular formula is C36H46O. The van der Waals surface area contributed by atoms with Gasteiger partial charge in [0.2, 0.25) is 0 Å². The highest BCUT2D eigenvalue weighted by atomic mass is 16.5. The molecule has 1 heteroatoms. The van der Waals surface area contributed by atoms with E-state index in [1.54, 1.807) is 22.3 Å². The van der Waals surface area contributed by atoms with Crippen molar-refractivity contribution >= 4 is 16.7 Å². The van der Waals surface area contributed by atoms with Crippen LogP contribution in [0.3, 0.4) is 0 Å². The van der Waals surface area contributed by atoms with Gasteiger partial charge in [-0.05, 0) is 115 Å². The maximum absolute atomic E-state index is 5.83. The van der Waals surface area contributed by atoms with E-state index in [4.69, 9.17) is 4.74 Å². The summed E-state index contributed by atoms with van der Waals surface area (Å²) in [6.07, 6.45) is 17.1. The Hall–Kier alpha value is -2.38. The second-order valence-electron chi connectivity index (χ2n) is 11.6. The summed E-state index contributed by atoms with van der Waals surface area (Å²) < 4.78 is 5.83. The van der Waals surface area contributed by atoms with E-state index in [0.717, 1.165) is 38.4 Å². The van der Waals surface area contributed by atoms with E-state index >= 15 is 0 Å². The molecule has 2 aromatic carbocycles. The first-order valence-corrected chi connectivity index (χ1v) is 15.1. The van der Waals surface area contributed by atoms with Gasteiger partial charge in [0.25, 0.3) is 0 Å². The highest BCUT2D eigenvalue weighted by molar-refractivity contribution is 5.88. The molecule has 0 N–H and O–H groups in total. The molecule has 37 heavy (non-hydrogen) atoms. The lowest BCUT2D eigenvalue weighted by Crippen LogP contribution is -2.07. The van der Waals surface area contributed by atoms with Gasteiger partial charge in [-0.3, -0.25) is 0 Å². The minimum absolute atomic E-state index is 0.742. The Kier molecular flexibility index (Phi) is 8.82. The number of allylic oxidation sites excluding steroid dienone is 6. The van der Waals surface area contributed by atoms with Gasteiger partial charge in [-0.2, -0.15) is 0 Å². The Morgan fingerprint density at radius 1 is 0.865 bits per heavy atom. The third kappa shape index (κ3) is 6.55. The lowest BCUT2D eigenvalue weighted by Gasteiger charge is -2.24. The van der Waals surface area contributed by atoms with Gasteiger partial charge >= 0.3 is 0 Å². The van der Waals surface area contributed by atoms with E-state index in [-0.39, 0.29) is 0 Å². The predicted octanol–water partition coefficient (Wildman–Crippen LogP) is 10.00. The van der Waals surface area contributed by atoms with Crippen LogP contribution < -0.4 is 0 Å². The van der Waals surface area contributed by atoms with E-state index in [9.17, 15) is 0 Å². The van der Waals surface area contributed by atoms with Gasteiger partial charge in [0.1, 0.15) is 0 Å². The molecule has 2 aromatic rings. The Bertz CT molecular complexity index is 1160. The van der Waals surface area contributed by atoms with Crippen LogP contribution in [0.25, 0.3) is 16.7 Å². The van der Waals surface area contributed by atoms with Crippen molar-refractivity contribution in [3.05, 3.63) is 87.5 Å². The zero-order valence-corrected chi connectivity index (χ0v) is 23.5. The molecule has 1 nitrogen and oxygen atoms in total. The van der Waals surface area contributed by atoms with Crippen molar-refractivity contribution in [1.82, 2.24) is 0 Å². The summed E-state index contributed by atoms with van der Waals surface area (Å²) in [6, 6.07) is 16.8. The molecule has 0 aromatic heterocycles. The van der Waals surface area contributed by atoms with Crippen LogP contribution in [0.4, 0.5) is 0 Å². The standard InChI is InChI=1S/C36H46O/c1-4-9-27-13-16-30(17-14-27)35-25-33(22-28-10-6-7-20-37-21-8-11-28)34-19-18-32(36-24-29(36)5-2)23-31(34)15-12-26(35)3/h13-14,16-19,23,25,28H,4-12,15,20-22,24H2,1-3H3/b33-25-,35-26-. The van der Waals surface area contributed by atoms with Crippen LogP contribution in [0.1, 0.15) is 113 Å². The third-order valence-corrected chi connectivity index (χ3v) is 8.83. The summed E-state index contributed by atoms with van der Waals surface area (Å²) in [7, 11) is 0. The van der Waals surface area contributed by atoms with Crippen LogP contribution in [0.2, 0.25) is 0 Å². The van der Waals surface area contributed by atoms with Crippen LogP contribution >= 0.6 is 0 Å². The first kappa shape index (κ1) is 26.2. The lowest BCUT2D eigenvalue weighted by atomic mass is 9.81. The summed E-state index contributed by atoms with van der Waals surface area (Å²) in [4.78, 5) is 0. The second-order valence-corrected chi connectivity index (χ2v) is 11.6. The molecule has 1 heterocycles. The fraction of sp³-hybridized carbons (Fsp3) is 0.500. The lowest BCUT2D eigenvalue weighted by molar-refractivity contribution is 0.130. The quantitative estimate of drug-likeness (QED) is 0.372. The summed E-state index contributed by atoms with van der Waals surface area (Å²) >= 11 is 0. The molecule has 0 amide bonds. The van der Waals surface area contributed by atoms with E-state index in [1.807, 2.05) is 0 Å². The third-order valence-electron chi connectivity index (χ3n) is 8.83. The van der Waals surface area contributed by atoms with Gasteiger partial charge in [-0.15, -0.1) is 0 Å². The zero-order valence-electron chi connectivity index (χ0n) is 23.5. The monoisotopic (exact) mass is 494 g/mol. The summed E-state index contributed by atoms with van der Waals surface area (Å²) in [5.41, 5.74) is 15.2. The summed E-state index contributed by atoms with van der Waals surface area (Å²) in [5.74, 6) is 0.742. The van der Waals surface area contributed by atoms with Crippen molar-refractivity contribution in [3.8, 4) is 0 Å². The van der Waals surface area contributed by atoms with Crippen molar-refractivity contribution in [2.24, 2.45) is 5.92 Å². The van der Waals surface area contributed by atoms with Crippen molar-refractivity contribution in [3.63, 3.8) is 0 Å². The number of ether oxygens (including phenoxy) is 1. The molecule has 0 spiro atoms. The Morgan fingerprint density at radius 2 is 1.65 bits per heavy atom. The normalized spacial score (nSPS) is 24.2. The average molecular weight is 495 g/mol. The largest absolute Gasteiger partial charge is 0.381 e. The van der Waals surface area contributed by atoms with Gasteiger partial charge in [0.05, 0.1) is 0 Å². The smallest absolute Gasteiger partial charge is 0.0466 e. The van der Waals surface area contributed by atoms with Gasteiger partial charge < -0.3 is 4.74 Å². The molecule has 1 saturated heterocycles. The van der Waals surface area contributed by atoms with Gasteiger partial charge in [0.15, 0.2) is 0 Å². The molecule has 196 valence electrons. The molecule has 0 saturated carbocycles. The minimum Gasteiger partial charge on any atom is -0.381 e. The number of fused-ring (bicyclic) bond motifs is 1. The minimum atomic E-state index is 0.742. The molecule has 1 atom stereocenters. The van der Waals surface area contributed by atoms with Crippen molar-refractivity contribution in [2.75, 3.05) is 13.2 Å². The molecule has 1 aliphatic heterocycles. The van der Waals surface area contributed by atoms with Crippen LogP contribution in [-0.4, -0.2) is 13.2 Å². The number of benzene rings is 2. The molecule has 2 aliphatic carbocycles. The molecular weight excluding hydrogens is 448 g/mol. The van der Waals surface area contributed by atoms with E-state index in [2.05, 4.69) is 69.3 Å². The Morgan fingerprint density at radius 3 is 2.43 bits per heavy atom. The molecule has 3 aliphatic rings. The van der Waals surface area contributed by atoms with Gasteiger partial charge in [-0.25, -0.2) is 0 Å². The topological polar surface area (TPSA) is 9.23 Å². The molecule has 0 radical (unpaired) electrons. The number of hydrogen-bond donors (Lipinski definition) is 0. The molecule has 1 fully saturated rings. The Balaban J connectivity index is 1.52. The molecule has 5 rings (SSSR count). The zero-order chi connectivity index (χ0) is 25.6. The first-order chi connectivity index (χ1) is 18.2. The first-order valence-electron chi connectivity index (χ1n) is 15.1. The van der Waals surface area contributed by atoms with Crippen LogP contribution in [0.15, 0.2) is 59.7 Å². The van der Waals surface area contributed by atoms with Gasteiger partial charge in [-0.1, -0.05) is 92.8 Å². The fourth-order valence-electron chi connectivity index (χ4n) is 6.46. The highest BCUT2D eigenvalue weighted by Gasteiger charge is 2.24. The number of aryl methyl sites for hydroxylation is 2. The van der Waals surface area contributed by atoms with Crippen LogP contribution in [0.5, 0.6) is 0 Å². The van der Waals surface area contributed by atoms with Crippen LogP contribution in [-0.2, 0) is 17.6 Å². The van der Waals surface area contributed by atoms with Crippen molar-refractivity contribution in [1.29, 1.82) is 0 Å². The summed E-state index contributed by atoms with van der Waals surface area (Å²) in [5, 5.41) is 0. The average Bonchev–Trinajstić information content (AvgIpc) is 3.68. The Labute approximate surface area is 225 Å². The van der Waals surface area contributed by atoms with Crippen molar-refractivity contribution in [2.45, 2.75) is 97.8 Å². The van der Waals surface area contributed by atoms with Crippen molar-refractivity contribution < 1.29 is 4.74 Å².